The molecule has 0 amide bonds. The standard InChI is InChI=1S/C13H15FO8/c1-5(15)18-8-7(9-11(14)22-13(3,4)21-9)20-12(17)10(8)19-6(2)16/h7,9,11H,1-4H3/t7-,9+,11?/m0/s1. The van der Waals surface area contributed by atoms with Crippen molar-refractivity contribution in [3.63, 3.8) is 0 Å². The first-order valence-corrected chi connectivity index (χ1v) is 6.42. The largest absolute Gasteiger partial charge is 0.445 e. The molecule has 1 unspecified atom stereocenters. The summed E-state index contributed by atoms with van der Waals surface area (Å²) in [6, 6.07) is 0. The third-order valence-electron chi connectivity index (χ3n) is 2.77. The molecule has 0 radical (unpaired) electrons. The molecular formula is C13H15FO8. The molecule has 22 heavy (non-hydrogen) atoms. The third kappa shape index (κ3) is 3.25. The van der Waals surface area contributed by atoms with E-state index >= 15 is 0 Å². The van der Waals surface area contributed by atoms with Gasteiger partial charge in [-0.05, 0) is 13.8 Å². The van der Waals surface area contributed by atoms with Gasteiger partial charge in [-0.15, -0.1) is 0 Å². The molecule has 0 spiro atoms. The molecule has 0 N–H and O–H groups in total. The number of ether oxygens (including phenoxy) is 5. The number of halogens is 1. The van der Waals surface area contributed by atoms with Crippen LogP contribution in [0.5, 0.6) is 0 Å². The Balaban J connectivity index is 2.34. The third-order valence-corrected chi connectivity index (χ3v) is 2.77. The van der Waals surface area contributed by atoms with Gasteiger partial charge in [0.15, 0.2) is 18.0 Å². The molecule has 0 aromatic carbocycles. The Bertz CT molecular complexity index is 552. The average molecular weight is 318 g/mol. The number of cyclic esters (lactones) is 1. The fourth-order valence-electron chi connectivity index (χ4n) is 2.11. The Morgan fingerprint density at radius 1 is 1.14 bits per heavy atom. The topological polar surface area (TPSA) is 97.4 Å². The van der Waals surface area contributed by atoms with Gasteiger partial charge in [-0.2, -0.15) is 0 Å². The average Bonchev–Trinajstić information content (AvgIpc) is 2.77. The number of hydrogen-bond acceptors (Lipinski definition) is 8. The monoisotopic (exact) mass is 318 g/mol. The Morgan fingerprint density at radius 2 is 1.73 bits per heavy atom. The zero-order valence-corrected chi connectivity index (χ0v) is 12.4. The van der Waals surface area contributed by atoms with E-state index in [1.54, 1.807) is 0 Å². The van der Waals surface area contributed by atoms with Crippen LogP contribution in [0.4, 0.5) is 4.39 Å². The van der Waals surface area contributed by atoms with E-state index in [0.717, 1.165) is 13.8 Å². The first-order chi connectivity index (χ1) is 10.1. The smallest absolute Gasteiger partial charge is 0.378 e. The fourth-order valence-corrected chi connectivity index (χ4v) is 2.11. The minimum Gasteiger partial charge on any atom is -0.445 e. The highest BCUT2D eigenvalue weighted by atomic mass is 19.1. The van der Waals surface area contributed by atoms with Crippen molar-refractivity contribution in [3.05, 3.63) is 11.5 Å². The molecule has 1 saturated heterocycles. The lowest BCUT2D eigenvalue weighted by Crippen LogP contribution is -2.36. The summed E-state index contributed by atoms with van der Waals surface area (Å²) in [6.07, 6.45) is -4.68. The van der Waals surface area contributed by atoms with E-state index in [2.05, 4.69) is 4.74 Å². The van der Waals surface area contributed by atoms with Gasteiger partial charge in [0.25, 0.3) is 5.76 Å². The van der Waals surface area contributed by atoms with Crippen molar-refractivity contribution in [1.29, 1.82) is 0 Å². The normalized spacial score (nSPS) is 30.2. The number of alkyl halides is 1. The second-order valence-corrected chi connectivity index (χ2v) is 5.16. The maximum Gasteiger partial charge on any atom is 0.378 e. The predicted molar refractivity (Wildman–Crippen MR) is 65.4 cm³/mol. The number of esters is 3. The number of hydrogen-bond donors (Lipinski definition) is 0. The van der Waals surface area contributed by atoms with Crippen LogP contribution in [0.1, 0.15) is 27.7 Å². The first kappa shape index (κ1) is 16.4. The highest BCUT2D eigenvalue weighted by Crippen LogP contribution is 2.37. The van der Waals surface area contributed by atoms with Crippen LogP contribution in [-0.2, 0) is 38.1 Å². The fraction of sp³-hybridized carbons (Fsp3) is 0.615. The van der Waals surface area contributed by atoms with Crippen LogP contribution in [-0.4, -0.2) is 42.3 Å². The molecule has 1 fully saturated rings. The second-order valence-electron chi connectivity index (χ2n) is 5.16. The lowest BCUT2D eigenvalue weighted by atomic mass is 10.1. The quantitative estimate of drug-likeness (QED) is 0.554. The zero-order valence-electron chi connectivity index (χ0n) is 12.4. The van der Waals surface area contributed by atoms with Crippen LogP contribution in [0, 0.1) is 0 Å². The van der Waals surface area contributed by atoms with Crippen molar-refractivity contribution in [2.45, 2.75) is 52.0 Å². The van der Waals surface area contributed by atoms with Crippen LogP contribution in [0.15, 0.2) is 11.5 Å². The predicted octanol–water partition coefficient (Wildman–Crippen LogP) is 0.697. The molecule has 0 aliphatic carbocycles. The van der Waals surface area contributed by atoms with Crippen LogP contribution < -0.4 is 0 Å². The van der Waals surface area contributed by atoms with E-state index < -0.39 is 53.8 Å². The summed E-state index contributed by atoms with van der Waals surface area (Å²) in [5.41, 5.74) is 0. The number of carbonyl (C=O) groups is 3. The van der Waals surface area contributed by atoms with Crippen LogP contribution in [0.2, 0.25) is 0 Å². The number of carbonyl (C=O) groups excluding carboxylic acids is 3. The van der Waals surface area contributed by atoms with E-state index in [1.807, 2.05) is 0 Å². The van der Waals surface area contributed by atoms with Crippen molar-refractivity contribution in [1.82, 2.24) is 0 Å². The first-order valence-electron chi connectivity index (χ1n) is 6.42. The maximum absolute atomic E-state index is 14.0. The highest BCUT2D eigenvalue weighted by Gasteiger charge is 2.53. The van der Waals surface area contributed by atoms with Gasteiger partial charge in [-0.25, -0.2) is 9.18 Å². The molecule has 2 aliphatic heterocycles. The molecule has 122 valence electrons. The Hall–Kier alpha value is -2.00. The summed E-state index contributed by atoms with van der Waals surface area (Å²) in [7, 11) is 0. The highest BCUT2D eigenvalue weighted by molar-refractivity contribution is 5.93. The Labute approximate surface area is 125 Å². The van der Waals surface area contributed by atoms with Gasteiger partial charge in [0.05, 0.1) is 0 Å². The molecule has 9 heteroatoms. The zero-order chi connectivity index (χ0) is 16.7. The van der Waals surface area contributed by atoms with Crippen LogP contribution in [0.25, 0.3) is 0 Å². The van der Waals surface area contributed by atoms with Crippen molar-refractivity contribution in [3.8, 4) is 0 Å². The van der Waals surface area contributed by atoms with Crippen molar-refractivity contribution in [2.75, 3.05) is 0 Å². The van der Waals surface area contributed by atoms with E-state index in [0.29, 0.717) is 0 Å². The number of rotatable bonds is 3. The summed E-state index contributed by atoms with van der Waals surface area (Å²) >= 11 is 0. The van der Waals surface area contributed by atoms with Gasteiger partial charge >= 0.3 is 17.9 Å². The summed E-state index contributed by atoms with van der Waals surface area (Å²) in [6.45, 7) is 5.06. The summed E-state index contributed by atoms with van der Waals surface area (Å²) in [5.74, 6) is -4.94. The second kappa shape index (κ2) is 5.65. The molecule has 2 rings (SSSR count). The lowest BCUT2D eigenvalue weighted by Gasteiger charge is -2.21. The van der Waals surface area contributed by atoms with Gasteiger partial charge in [0.1, 0.15) is 0 Å². The molecule has 8 nitrogen and oxygen atoms in total. The molecule has 0 bridgehead atoms. The van der Waals surface area contributed by atoms with Gasteiger partial charge in [-0.3, -0.25) is 9.59 Å². The van der Waals surface area contributed by atoms with Crippen LogP contribution >= 0.6 is 0 Å². The summed E-state index contributed by atoms with van der Waals surface area (Å²) in [4.78, 5) is 34.0. The van der Waals surface area contributed by atoms with Gasteiger partial charge < -0.3 is 23.7 Å². The molecule has 2 heterocycles. The van der Waals surface area contributed by atoms with Crippen molar-refractivity contribution in [2.24, 2.45) is 0 Å². The van der Waals surface area contributed by atoms with Crippen molar-refractivity contribution >= 4 is 17.9 Å². The molecule has 0 aromatic heterocycles. The Morgan fingerprint density at radius 3 is 2.18 bits per heavy atom. The van der Waals surface area contributed by atoms with E-state index in [4.69, 9.17) is 18.9 Å². The molecule has 0 saturated carbocycles. The molecule has 2 aliphatic rings. The maximum atomic E-state index is 14.0. The van der Waals surface area contributed by atoms with E-state index in [9.17, 15) is 18.8 Å². The summed E-state index contributed by atoms with van der Waals surface area (Å²) in [5, 5.41) is 0. The van der Waals surface area contributed by atoms with Gasteiger partial charge in [0, 0.05) is 13.8 Å². The molecule has 0 aromatic rings. The lowest BCUT2D eigenvalue weighted by molar-refractivity contribution is -0.168. The van der Waals surface area contributed by atoms with Gasteiger partial charge in [0.2, 0.25) is 12.1 Å². The van der Waals surface area contributed by atoms with E-state index in [1.165, 1.54) is 13.8 Å². The summed E-state index contributed by atoms with van der Waals surface area (Å²) < 4.78 is 38.7. The van der Waals surface area contributed by atoms with Crippen molar-refractivity contribution < 1.29 is 42.5 Å². The molecule has 3 atom stereocenters. The van der Waals surface area contributed by atoms with E-state index in [-0.39, 0.29) is 0 Å². The Kier molecular flexibility index (Phi) is 4.21. The minimum atomic E-state index is -1.92. The SMILES string of the molecule is CC(=O)OC1=C(OC(C)=O)[C@@H]([C@H]2OC(C)(C)OC2F)OC1=O. The van der Waals surface area contributed by atoms with Gasteiger partial charge in [-0.1, -0.05) is 0 Å². The van der Waals surface area contributed by atoms with Crippen LogP contribution in [0.3, 0.4) is 0 Å². The minimum absolute atomic E-state index is 0.415. The molecular weight excluding hydrogens is 303 g/mol.